The Kier molecular flexibility index (Phi) is 7.82. The van der Waals surface area contributed by atoms with Gasteiger partial charge in [-0.05, 0) is 48.9 Å². The number of pyridine rings is 1. The van der Waals surface area contributed by atoms with Crippen LogP contribution in [0.2, 0.25) is 0 Å². The summed E-state index contributed by atoms with van der Waals surface area (Å²) >= 11 is 1.49. The van der Waals surface area contributed by atoms with Gasteiger partial charge in [-0.3, -0.25) is 9.78 Å². The molecular weight excluding hydrogens is 487 g/mol. The number of carbonyl (C=O) groups excluding carboxylic acids is 1. The average Bonchev–Trinajstić information content (AvgIpc) is 3.40. The van der Waals surface area contributed by atoms with Crippen molar-refractivity contribution in [2.24, 2.45) is 0 Å². The number of carbonyl (C=O) groups is 1. The minimum Gasteiger partial charge on any atom is -0.336 e. The van der Waals surface area contributed by atoms with Crippen LogP contribution in [0, 0.1) is 5.82 Å². The zero-order valence-corrected chi connectivity index (χ0v) is 21.5. The third-order valence-electron chi connectivity index (χ3n) is 6.23. The van der Waals surface area contributed by atoms with Crippen molar-refractivity contribution in [1.82, 2.24) is 25.0 Å². The molecular formula is C28H29FN6OS. The predicted octanol–water partition coefficient (Wildman–Crippen LogP) is 5.26. The van der Waals surface area contributed by atoms with Gasteiger partial charge in [0.1, 0.15) is 5.69 Å². The fraction of sp³-hybridized carbons (Fsp3) is 0.250. The molecule has 4 aromatic rings. The van der Waals surface area contributed by atoms with Crippen molar-refractivity contribution in [3.05, 3.63) is 84.6 Å². The highest BCUT2D eigenvalue weighted by molar-refractivity contribution is 8.00. The first-order valence-corrected chi connectivity index (χ1v) is 13.4. The second kappa shape index (κ2) is 11.6. The topological polar surface area (TPSA) is 75.1 Å². The van der Waals surface area contributed by atoms with Crippen LogP contribution in [0.4, 0.5) is 10.1 Å². The molecule has 1 aliphatic heterocycles. The van der Waals surface area contributed by atoms with Crippen molar-refractivity contribution in [2.75, 3.05) is 36.7 Å². The molecule has 5 rings (SSSR count). The average molecular weight is 517 g/mol. The molecule has 2 aromatic carbocycles. The summed E-state index contributed by atoms with van der Waals surface area (Å²) in [6, 6.07) is 16.5. The van der Waals surface area contributed by atoms with E-state index in [2.05, 4.69) is 21.9 Å². The van der Waals surface area contributed by atoms with E-state index in [4.69, 9.17) is 5.10 Å². The molecule has 1 amide bonds. The van der Waals surface area contributed by atoms with Gasteiger partial charge in [0.2, 0.25) is 0 Å². The van der Waals surface area contributed by atoms with Crippen molar-refractivity contribution in [2.45, 2.75) is 13.3 Å². The molecule has 0 bridgehead atoms. The third-order valence-corrected chi connectivity index (χ3v) is 7.20. The largest absolute Gasteiger partial charge is 0.336 e. The first kappa shape index (κ1) is 25.0. The summed E-state index contributed by atoms with van der Waals surface area (Å²) in [4.78, 5) is 18.8. The van der Waals surface area contributed by atoms with Crippen LogP contribution in [0.25, 0.3) is 28.1 Å². The molecule has 3 heterocycles. The number of amides is 1. The van der Waals surface area contributed by atoms with E-state index >= 15 is 4.39 Å². The van der Waals surface area contributed by atoms with E-state index in [1.807, 2.05) is 53.6 Å². The van der Waals surface area contributed by atoms with Gasteiger partial charge in [-0.25, -0.2) is 9.07 Å². The number of hydrogen-bond donors (Lipinski definition) is 2. The van der Waals surface area contributed by atoms with Crippen LogP contribution >= 0.6 is 11.9 Å². The molecule has 0 unspecified atom stereocenters. The van der Waals surface area contributed by atoms with Crippen LogP contribution in [0.3, 0.4) is 0 Å². The summed E-state index contributed by atoms with van der Waals surface area (Å²) in [5.41, 5.74) is 4.50. The summed E-state index contributed by atoms with van der Waals surface area (Å²) in [6.45, 7) is 5.11. The maximum atomic E-state index is 15.6. The number of anilines is 1. The number of piperazine rings is 1. The predicted molar refractivity (Wildman–Crippen MR) is 147 cm³/mol. The van der Waals surface area contributed by atoms with E-state index in [-0.39, 0.29) is 11.7 Å². The first-order valence-electron chi connectivity index (χ1n) is 12.4. The van der Waals surface area contributed by atoms with Crippen molar-refractivity contribution >= 4 is 23.5 Å². The Bertz CT molecular complexity index is 1350. The quantitative estimate of drug-likeness (QED) is 0.246. The van der Waals surface area contributed by atoms with Crippen molar-refractivity contribution in [3.8, 4) is 28.1 Å². The van der Waals surface area contributed by atoms with E-state index in [0.29, 0.717) is 41.2 Å². The summed E-state index contributed by atoms with van der Waals surface area (Å²) in [6.07, 6.45) is 6.23. The third kappa shape index (κ3) is 5.52. The highest BCUT2D eigenvalue weighted by Gasteiger charge is 2.20. The fourth-order valence-corrected chi connectivity index (χ4v) is 4.90. The second-order valence-corrected chi connectivity index (χ2v) is 9.68. The van der Waals surface area contributed by atoms with Crippen LogP contribution < -0.4 is 10.0 Å². The molecule has 0 radical (unpaired) electrons. The normalized spacial score (nSPS) is 13.5. The number of nitrogens with zero attached hydrogens (tertiary/aromatic N) is 4. The minimum atomic E-state index is -0.321. The van der Waals surface area contributed by atoms with Gasteiger partial charge in [0.15, 0.2) is 5.82 Å². The Morgan fingerprint density at radius 3 is 2.54 bits per heavy atom. The van der Waals surface area contributed by atoms with Gasteiger partial charge < -0.3 is 14.9 Å². The summed E-state index contributed by atoms with van der Waals surface area (Å²) in [5.74, 6) is 0.591. The fourth-order valence-electron chi connectivity index (χ4n) is 4.28. The van der Waals surface area contributed by atoms with E-state index < -0.39 is 0 Å². The summed E-state index contributed by atoms with van der Waals surface area (Å²) < 4.78 is 20.5. The van der Waals surface area contributed by atoms with Gasteiger partial charge in [0.05, 0.1) is 11.4 Å². The van der Waals surface area contributed by atoms with Crippen LogP contribution in [0.5, 0.6) is 0 Å². The molecule has 1 aliphatic rings. The van der Waals surface area contributed by atoms with Gasteiger partial charge >= 0.3 is 0 Å². The van der Waals surface area contributed by atoms with E-state index in [9.17, 15) is 4.79 Å². The Balaban J connectivity index is 1.50. The molecule has 190 valence electrons. The molecule has 0 aliphatic carbocycles. The second-order valence-electron chi connectivity index (χ2n) is 8.78. The van der Waals surface area contributed by atoms with Crippen LogP contribution in [-0.4, -0.2) is 57.5 Å². The zero-order chi connectivity index (χ0) is 25.6. The lowest BCUT2D eigenvalue weighted by molar-refractivity contribution is 0.0736. The molecule has 7 nitrogen and oxygen atoms in total. The van der Waals surface area contributed by atoms with Gasteiger partial charge in [-0.1, -0.05) is 31.0 Å². The molecule has 0 saturated carbocycles. The first-order chi connectivity index (χ1) is 18.2. The number of benzene rings is 2. The minimum absolute atomic E-state index is 0.0269. The molecule has 0 atom stereocenters. The van der Waals surface area contributed by atoms with Gasteiger partial charge in [-0.2, -0.15) is 5.10 Å². The number of nitrogens with one attached hydrogen (secondary N) is 2. The van der Waals surface area contributed by atoms with Gasteiger partial charge in [0, 0.05) is 72.8 Å². The zero-order valence-electron chi connectivity index (χ0n) is 20.7. The van der Waals surface area contributed by atoms with Crippen molar-refractivity contribution in [3.63, 3.8) is 0 Å². The maximum absolute atomic E-state index is 15.6. The van der Waals surface area contributed by atoms with E-state index in [1.165, 1.54) is 11.9 Å². The number of rotatable bonds is 8. The molecule has 0 spiro atoms. The van der Waals surface area contributed by atoms with E-state index in [1.54, 1.807) is 29.2 Å². The lowest BCUT2D eigenvalue weighted by atomic mass is 10.0. The van der Waals surface area contributed by atoms with Crippen LogP contribution in [-0.2, 0) is 0 Å². The maximum Gasteiger partial charge on any atom is 0.253 e. The van der Waals surface area contributed by atoms with Crippen molar-refractivity contribution in [1.29, 1.82) is 0 Å². The molecule has 1 fully saturated rings. The Morgan fingerprint density at radius 2 is 1.81 bits per heavy atom. The Hall–Kier alpha value is -3.69. The van der Waals surface area contributed by atoms with Crippen LogP contribution in [0.1, 0.15) is 23.7 Å². The van der Waals surface area contributed by atoms with Gasteiger partial charge in [0.25, 0.3) is 5.91 Å². The lowest BCUT2D eigenvalue weighted by Crippen LogP contribution is -2.46. The number of halogens is 1. The van der Waals surface area contributed by atoms with E-state index in [0.717, 1.165) is 36.5 Å². The molecule has 2 N–H and O–H groups in total. The summed E-state index contributed by atoms with van der Waals surface area (Å²) in [7, 11) is 0. The molecule has 1 saturated heterocycles. The smallest absolute Gasteiger partial charge is 0.253 e. The highest BCUT2D eigenvalue weighted by atomic mass is 32.2. The number of hydrogen-bond acceptors (Lipinski definition) is 6. The van der Waals surface area contributed by atoms with Gasteiger partial charge in [-0.15, -0.1) is 0 Å². The standard InChI is InChI=1S/C28H29FN6OS/c1-2-18-37-33-25-5-3-4-23(26(25)29)24-19-35(32-27(24)20-10-12-30-13-11-20)22-8-6-21(7-9-22)28(36)34-16-14-31-15-17-34/h3-13,19,31,33H,2,14-18H2,1H3. The van der Waals surface area contributed by atoms with Crippen LogP contribution in [0.15, 0.2) is 73.2 Å². The SMILES string of the molecule is CCCSNc1cccc(-c2cn(-c3ccc(C(=O)N4CCNCC4)cc3)nc2-c2ccncc2)c1F. The summed E-state index contributed by atoms with van der Waals surface area (Å²) in [5, 5.41) is 8.10. The molecule has 37 heavy (non-hydrogen) atoms. The molecule has 9 heteroatoms. The van der Waals surface area contributed by atoms with Crippen molar-refractivity contribution < 1.29 is 9.18 Å². The lowest BCUT2D eigenvalue weighted by Gasteiger charge is -2.27. The Morgan fingerprint density at radius 1 is 1.05 bits per heavy atom. The Labute approximate surface area is 220 Å². The monoisotopic (exact) mass is 516 g/mol. The highest BCUT2D eigenvalue weighted by Crippen LogP contribution is 2.36. The molecule has 2 aromatic heterocycles. The number of aromatic nitrogens is 3.